The highest BCUT2D eigenvalue weighted by Gasteiger charge is 2.28. The van der Waals surface area contributed by atoms with Crippen LogP contribution in [-0.4, -0.2) is 11.0 Å². The molecule has 1 aliphatic rings. The van der Waals surface area contributed by atoms with E-state index in [0.29, 0.717) is 6.04 Å². The average Bonchev–Trinajstić information content (AvgIpc) is 2.90. The molecule has 1 fully saturated rings. The third kappa shape index (κ3) is 4.16. The average molecular weight is 459 g/mol. The summed E-state index contributed by atoms with van der Waals surface area (Å²) in [4.78, 5) is 5.37. The quantitative estimate of drug-likeness (QED) is 0.221. The van der Waals surface area contributed by atoms with Gasteiger partial charge in [-0.1, -0.05) is 91.1 Å². The maximum atomic E-state index is 5.37. The molecule has 0 spiro atoms. The second-order valence-electron chi connectivity index (χ2n) is 9.99. The van der Waals surface area contributed by atoms with E-state index in [-0.39, 0.29) is 0 Å². The maximum absolute atomic E-state index is 5.37. The topological polar surface area (TPSA) is 29.0 Å². The molecule has 0 unspecified atom stereocenters. The van der Waals surface area contributed by atoms with Crippen molar-refractivity contribution in [3.8, 4) is 22.6 Å². The smallest absolute Gasteiger partial charge is 0.336 e. The molecule has 6 rings (SSSR count). The van der Waals surface area contributed by atoms with Crippen LogP contribution in [0.5, 0.6) is 0 Å². The van der Waals surface area contributed by atoms with Gasteiger partial charge >= 0.3 is 5.82 Å². The first-order valence-corrected chi connectivity index (χ1v) is 12.8. The van der Waals surface area contributed by atoms with Crippen molar-refractivity contribution in [3.05, 3.63) is 96.2 Å². The van der Waals surface area contributed by atoms with Gasteiger partial charge in [0, 0.05) is 17.0 Å². The van der Waals surface area contributed by atoms with E-state index >= 15 is 0 Å². The lowest BCUT2D eigenvalue weighted by Gasteiger charge is -2.25. The molecule has 2 aromatic heterocycles. The predicted octanol–water partition coefficient (Wildman–Crippen LogP) is 7.67. The minimum Gasteiger partial charge on any atom is -0.375 e. The fourth-order valence-electron chi connectivity index (χ4n) is 5.39. The molecule has 0 atom stereocenters. The Bertz CT molecular complexity index is 1500. The van der Waals surface area contributed by atoms with Crippen LogP contribution in [0.1, 0.15) is 43.2 Å². The van der Waals surface area contributed by atoms with E-state index in [1.165, 1.54) is 59.5 Å². The zero-order chi connectivity index (χ0) is 23.8. The van der Waals surface area contributed by atoms with Crippen molar-refractivity contribution in [2.24, 2.45) is 0 Å². The molecule has 1 saturated carbocycles. The Kier molecular flexibility index (Phi) is 5.69. The van der Waals surface area contributed by atoms with Crippen LogP contribution >= 0.6 is 0 Å². The Labute approximate surface area is 207 Å². The van der Waals surface area contributed by atoms with E-state index in [1.54, 1.807) is 0 Å². The SMILES string of the molecule is Cc1ccc(-c2nc(-c3ccc(C)cc3)[n+]3ccc4ccccc4c3c2NC2CCCCC2)cc1. The third-order valence-electron chi connectivity index (χ3n) is 7.37. The molecule has 0 amide bonds. The van der Waals surface area contributed by atoms with Crippen LogP contribution in [0, 0.1) is 13.8 Å². The Morgan fingerprint density at radius 2 is 1.40 bits per heavy atom. The largest absolute Gasteiger partial charge is 0.375 e. The summed E-state index contributed by atoms with van der Waals surface area (Å²) in [7, 11) is 0. The number of rotatable bonds is 4. The molecular weight excluding hydrogens is 426 g/mol. The standard InChI is InChI=1S/C32H32N3/c1-22-12-16-25(17-13-22)29-30(33-27-9-4-3-5-10-27)31-28-11-7-6-8-24(28)20-21-35(31)32(34-29)26-18-14-23(2)15-19-26/h6-8,11-21,27,33H,3-5,9-10H2,1-2H3/q+1. The number of benzene rings is 3. The summed E-state index contributed by atoms with van der Waals surface area (Å²) < 4.78 is 2.29. The van der Waals surface area contributed by atoms with Gasteiger partial charge in [-0.2, -0.15) is 4.40 Å². The minimum atomic E-state index is 0.475. The number of nitrogens with one attached hydrogen (secondary N) is 1. The van der Waals surface area contributed by atoms with Gasteiger partial charge in [0.25, 0.3) is 0 Å². The van der Waals surface area contributed by atoms with Crippen molar-refractivity contribution in [3.63, 3.8) is 0 Å². The number of aromatic nitrogens is 2. The van der Waals surface area contributed by atoms with Crippen LogP contribution in [0.4, 0.5) is 5.69 Å². The Morgan fingerprint density at radius 1 is 0.743 bits per heavy atom. The first-order chi connectivity index (χ1) is 17.2. The van der Waals surface area contributed by atoms with Gasteiger partial charge in [0.1, 0.15) is 5.69 Å². The van der Waals surface area contributed by atoms with E-state index in [9.17, 15) is 0 Å². The molecule has 1 N–H and O–H groups in total. The first kappa shape index (κ1) is 21.8. The van der Waals surface area contributed by atoms with Gasteiger partial charge in [0.15, 0.2) is 5.52 Å². The van der Waals surface area contributed by atoms with Crippen molar-refractivity contribution >= 4 is 22.0 Å². The summed E-state index contributed by atoms with van der Waals surface area (Å²) in [6, 6.07) is 28.9. The van der Waals surface area contributed by atoms with Crippen molar-refractivity contribution in [1.29, 1.82) is 0 Å². The second-order valence-corrected chi connectivity index (χ2v) is 9.99. The lowest BCUT2D eigenvalue weighted by molar-refractivity contribution is -0.501. The number of aryl methyl sites for hydroxylation is 2. The van der Waals surface area contributed by atoms with E-state index in [1.807, 2.05) is 0 Å². The van der Waals surface area contributed by atoms with Gasteiger partial charge in [0.2, 0.25) is 5.69 Å². The number of nitrogens with zero attached hydrogens (tertiary/aromatic N) is 2. The fraction of sp³-hybridized carbons (Fsp3) is 0.250. The molecule has 0 radical (unpaired) electrons. The van der Waals surface area contributed by atoms with E-state index in [2.05, 4.69) is 109 Å². The van der Waals surface area contributed by atoms with Gasteiger partial charge < -0.3 is 5.32 Å². The van der Waals surface area contributed by atoms with Gasteiger partial charge in [0.05, 0.1) is 11.8 Å². The summed E-state index contributed by atoms with van der Waals surface area (Å²) in [5.74, 6) is 0.968. The van der Waals surface area contributed by atoms with Gasteiger partial charge in [-0.3, -0.25) is 0 Å². The minimum absolute atomic E-state index is 0.475. The van der Waals surface area contributed by atoms with Crippen LogP contribution < -0.4 is 9.72 Å². The zero-order valence-electron chi connectivity index (χ0n) is 20.6. The molecule has 2 heterocycles. The van der Waals surface area contributed by atoms with Crippen LogP contribution in [0.15, 0.2) is 85.1 Å². The number of hydrogen-bond donors (Lipinski definition) is 1. The number of pyridine rings is 1. The maximum Gasteiger partial charge on any atom is 0.336 e. The molecule has 3 nitrogen and oxygen atoms in total. The number of anilines is 1. The van der Waals surface area contributed by atoms with Crippen molar-refractivity contribution in [2.75, 3.05) is 5.32 Å². The van der Waals surface area contributed by atoms with Gasteiger partial charge in [-0.15, -0.1) is 0 Å². The Morgan fingerprint density at radius 3 is 2.11 bits per heavy atom. The molecule has 174 valence electrons. The van der Waals surface area contributed by atoms with Gasteiger partial charge in [-0.05, 0) is 55.3 Å². The monoisotopic (exact) mass is 458 g/mol. The van der Waals surface area contributed by atoms with Crippen molar-refractivity contribution in [1.82, 2.24) is 4.98 Å². The molecule has 0 aliphatic heterocycles. The van der Waals surface area contributed by atoms with E-state index in [4.69, 9.17) is 4.98 Å². The molecule has 3 heteroatoms. The van der Waals surface area contributed by atoms with Crippen molar-refractivity contribution in [2.45, 2.75) is 52.0 Å². The summed E-state index contributed by atoms with van der Waals surface area (Å²) >= 11 is 0. The summed E-state index contributed by atoms with van der Waals surface area (Å²) in [5, 5.41) is 6.50. The number of fused-ring (bicyclic) bond motifs is 3. The first-order valence-electron chi connectivity index (χ1n) is 12.8. The lowest BCUT2D eigenvalue weighted by Crippen LogP contribution is -2.31. The predicted molar refractivity (Wildman–Crippen MR) is 146 cm³/mol. The fourth-order valence-corrected chi connectivity index (χ4v) is 5.39. The summed E-state index contributed by atoms with van der Waals surface area (Å²) in [5.41, 5.74) is 8.17. The van der Waals surface area contributed by atoms with Crippen LogP contribution in [-0.2, 0) is 0 Å². The van der Waals surface area contributed by atoms with Crippen LogP contribution in [0.25, 0.3) is 38.9 Å². The lowest BCUT2D eigenvalue weighted by atomic mass is 9.94. The molecule has 0 bridgehead atoms. The van der Waals surface area contributed by atoms with Crippen LogP contribution in [0.2, 0.25) is 0 Å². The molecule has 3 aromatic carbocycles. The highest BCUT2D eigenvalue weighted by Crippen LogP contribution is 2.36. The molecule has 35 heavy (non-hydrogen) atoms. The van der Waals surface area contributed by atoms with Gasteiger partial charge in [-0.25, -0.2) is 0 Å². The summed E-state index contributed by atoms with van der Waals surface area (Å²) in [6.45, 7) is 4.27. The molecule has 1 aliphatic carbocycles. The second kappa shape index (κ2) is 9.14. The molecule has 5 aromatic rings. The summed E-state index contributed by atoms with van der Waals surface area (Å²) in [6.07, 6.45) is 8.53. The Balaban J connectivity index is 1.70. The zero-order valence-corrected chi connectivity index (χ0v) is 20.6. The third-order valence-corrected chi connectivity index (χ3v) is 7.37. The normalized spacial score (nSPS) is 14.5. The molecule has 0 saturated heterocycles. The van der Waals surface area contributed by atoms with Crippen LogP contribution in [0.3, 0.4) is 0 Å². The molecular formula is C32H32N3+. The highest BCUT2D eigenvalue weighted by molar-refractivity contribution is 6.02. The van der Waals surface area contributed by atoms with Crippen molar-refractivity contribution < 1.29 is 4.40 Å². The highest BCUT2D eigenvalue weighted by atomic mass is 15.1. The van der Waals surface area contributed by atoms with E-state index < -0.39 is 0 Å². The Hall–Kier alpha value is -3.72. The van der Waals surface area contributed by atoms with E-state index in [0.717, 1.165) is 28.3 Å². The number of hydrogen-bond acceptors (Lipinski definition) is 2.